The number of ether oxygens (including phenoxy) is 1. The lowest BCUT2D eigenvalue weighted by Gasteiger charge is -2.12. The van der Waals surface area contributed by atoms with Crippen molar-refractivity contribution >= 4 is 0 Å². The first-order valence-corrected chi connectivity index (χ1v) is 4.42. The topological polar surface area (TPSA) is 92.2 Å². The summed E-state index contributed by atoms with van der Waals surface area (Å²) in [5.41, 5.74) is 5.12. The molecule has 0 saturated heterocycles. The zero-order valence-electron chi connectivity index (χ0n) is 8.45. The number of alkyl halides is 3. The number of pyridine rings is 1. The molecule has 92 valence electrons. The predicted octanol–water partition coefficient (Wildman–Crippen LogP) is 1.21. The summed E-state index contributed by atoms with van der Waals surface area (Å²) in [5, 5.41) is 17.9. The van der Waals surface area contributed by atoms with Crippen molar-refractivity contribution in [1.82, 2.24) is 4.98 Å². The molecule has 3 N–H and O–H groups in total. The van der Waals surface area contributed by atoms with Gasteiger partial charge in [0.25, 0.3) is 0 Å². The van der Waals surface area contributed by atoms with Crippen molar-refractivity contribution in [2.45, 2.75) is 19.3 Å². The van der Waals surface area contributed by atoms with Crippen LogP contribution in [0.4, 0.5) is 13.2 Å². The Kier molecular flexibility index (Phi) is 3.75. The molecule has 0 bridgehead atoms. The first-order valence-electron chi connectivity index (χ1n) is 4.42. The summed E-state index contributed by atoms with van der Waals surface area (Å²) < 4.78 is 39.7. The lowest BCUT2D eigenvalue weighted by atomic mass is 10.2. The van der Waals surface area contributed by atoms with Crippen LogP contribution in [0.3, 0.4) is 0 Å². The maximum atomic E-state index is 12.0. The minimum Gasteiger partial charge on any atom is -0.503 e. The molecular formula is C9H8F3N3O2. The molecule has 0 aliphatic heterocycles. The fraction of sp³-hybridized carbons (Fsp3) is 0.333. The molecule has 17 heavy (non-hydrogen) atoms. The smallest absolute Gasteiger partial charge is 0.503 e. The summed E-state index contributed by atoms with van der Waals surface area (Å²) in [4.78, 5) is 3.73. The van der Waals surface area contributed by atoms with Gasteiger partial charge in [-0.25, -0.2) is 0 Å². The van der Waals surface area contributed by atoms with Crippen molar-refractivity contribution in [3.63, 3.8) is 0 Å². The summed E-state index contributed by atoms with van der Waals surface area (Å²) in [7, 11) is 0. The summed E-state index contributed by atoms with van der Waals surface area (Å²) in [6.07, 6.45) is -5.28. The first kappa shape index (κ1) is 13.1. The second kappa shape index (κ2) is 4.88. The Morgan fingerprint density at radius 2 is 2.18 bits per heavy atom. The molecular weight excluding hydrogens is 239 g/mol. The average molecular weight is 247 g/mol. The molecule has 1 aromatic heterocycles. The van der Waals surface area contributed by atoms with E-state index < -0.39 is 17.9 Å². The number of aromatic nitrogens is 1. The standard InChI is InChI=1S/C9H8F3N3O2/c10-9(11,12)17-7-3-5(4-14)15-6(1-2-13)8(7)16/h3,16H,1,4,14H2. The van der Waals surface area contributed by atoms with Crippen LogP contribution < -0.4 is 10.5 Å². The molecule has 0 spiro atoms. The lowest BCUT2D eigenvalue weighted by Crippen LogP contribution is -2.18. The molecule has 1 aromatic rings. The van der Waals surface area contributed by atoms with Crippen molar-refractivity contribution in [3.05, 3.63) is 17.5 Å². The van der Waals surface area contributed by atoms with Crippen LogP contribution in [0.2, 0.25) is 0 Å². The molecule has 0 atom stereocenters. The van der Waals surface area contributed by atoms with E-state index >= 15 is 0 Å². The fourth-order valence-electron chi connectivity index (χ4n) is 1.13. The van der Waals surface area contributed by atoms with Crippen molar-refractivity contribution < 1.29 is 23.0 Å². The zero-order chi connectivity index (χ0) is 13.1. The normalized spacial score (nSPS) is 11.0. The van der Waals surface area contributed by atoms with Gasteiger partial charge in [0.1, 0.15) is 5.69 Å². The van der Waals surface area contributed by atoms with E-state index in [0.29, 0.717) is 0 Å². The second-order valence-corrected chi connectivity index (χ2v) is 2.99. The molecule has 1 rings (SSSR count). The minimum atomic E-state index is -4.94. The summed E-state index contributed by atoms with van der Waals surface area (Å²) in [6.45, 7) is -0.132. The van der Waals surface area contributed by atoms with Crippen molar-refractivity contribution in [1.29, 1.82) is 5.26 Å². The van der Waals surface area contributed by atoms with Gasteiger partial charge in [-0.2, -0.15) is 5.26 Å². The molecule has 8 heteroatoms. The minimum absolute atomic E-state index is 0.0901. The van der Waals surface area contributed by atoms with Gasteiger partial charge in [-0.05, 0) is 0 Å². The van der Waals surface area contributed by atoms with Crippen LogP contribution in [0.5, 0.6) is 11.5 Å². The fourth-order valence-corrected chi connectivity index (χ4v) is 1.13. The van der Waals surface area contributed by atoms with Crippen LogP contribution in [-0.4, -0.2) is 16.5 Å². The van der Waals surface area contributed by atoms with E-state index in [9.17, 15) is 18.3 Å². The van der Waals surface area contributed by atoms with Gasteiger partial charge < -0.3 is 15.6 Å². The number of rotatable bonds is 3. The summed E-state index contributed by atoms with van der Waals surface area (Å²) in [5.74, 6) is -1.61. The Morgan fingerprint density at radius 1 is 1.53 bits per heavy atom. The highest BCUT2D eigenvalue weighted by molar-refractivity contribution is 5.44. The highest BCUT2D eigenvalue weighted by Gasteiger charge is 2.33. The van der Waals surface area contributed by atoms with Crippen molar-refractivity contribution in [2.24, 2.45) is 5.73 Å². The van der Waals surface area contributed by atoms with Gasteiger partial charge in [-0.1, -0.05) is 0 Å². The van der Waals surface area contributed by atoms with Crippen LogP contribution in [0, 0.1) is 11.3 Å². The van der Waals surface area contributed by atoms with E-state index in [4.69, 9.17) is 11.0 Å². The molecule has 0 amide bonds. The van der Waals surface area contributed by atoms with E-state index in [1.54, 1.807) is 6.07 Å². The van der Waals surface area contributed by atoms with E-state index in [0.717, 1.165) is 6.07 Å². The number of nitriles is 1. The van der Waals surface area contributed by atoms with Gasteiger partial charge in [0.2, 0.25) is 0 Å². The summed E-state index contributed by atoms with van der Waals surface area (Å²) >= 11 is 0. The molecule has 0 aliphatic rings. The Morgan fingerprint density at radius 3 is 2.65 bits per heavy atom. The van der Waals surface area contributed by atoms with E-state index in [2.05, 4.69) is 9.72 Å². The van der Waals surface area contributed by atoms with Crippen LogP contribution in [0.15, 0.2) is 6.07 Å². The van der Waals surface area contributed by atoms with Gasteiger partial charge in [-0.15, -0.1) is 13.2 Å². The highest BCUT2D eigenvalue weighted by Crippen LogP contribution is 2.34. The Balaban J connectivity index is 3.20. The largest absolute Gasteiger partial charge is 0.573 e. The molecule has 0 fully saturated rings. The number of hydrogen-bond donors (Lipinski definition) is 2. The highest BCUT2D eigenvalue weighted by atomic mass is 19.4. The molecule has 5 nitrogen and oxygen atoms in total. The molecule has 0 aliphatic carbocycles. The lowest BCUT2D eigenvalue weighted by molar-refractivity contribution is -0.275. The van der Waals surface area contributed by atoms with Crippen molar-refractivity contribution in [2.75, 3.05) is 0 Å². The quantitative estimate of drug-likeness (QED) is 0.837. The SMILES string of the molecule is N#CCc1nc(CN)cc(OC(F)(F)F)c1O. The maximum Gasteiger partial charge on any atom is 0.573 e. The van der Waals surface area contributed by atoms with Gasteiger partial charge in [0.15, 0.2) is 11.5 Å². The third-order valence-electron chi connectivity index (χ3n) is 1.76. The number of halogens is 3. The first-order chi connectivity index (χ1) is 7.87. The van der Waals surface area contributed by atoms with Crippen LogP contribution in [-0.2, 0) is 13.0 Å². The molecule has 0 radical (unpaired) electrons. The second-order valence-electron chi connectivity index (χ2n) is 2.99. The maximum absolute atomic E-state index is 12.0. The van der Waals surface area contributed by atoms with Gasteiger partial charge >= 0.3 is 6.36 Å². The number of nitrogens with zero attached hydrogens (tertiary/aromatic N) is 2. The van der Waals surface area contributed by atoms with Gasteiger partial charge in [0, 0.05) is 12.6 Å². The van der Waals surface area contributed by atoms with Gasteiger partial charge in [0.05, 0.1) is 18.2 Å². The van der Waals surface area contributed by atoms with Crippen LogP contribution in [0.25, 0.3) is 0 Å². The number of aromatic hydroxyl groups is 1. The zero-order valence-corrected chi connectivity index (χ0v) is 8.45. The van der Waals surface area contributed by atoms with Crippen molar-refractivity contribution in [3.8, 4) is 17.6 Å². The van der Waals surface area contributed by atoms with E-state index in [1.165, 1.54) is 0 Å². The Bertz CT molecular complexity index is 454. The number of nitrogens with two attached hydrogens (primary N) is 1. The monoisotopic (exact) mass is 247 g/mol. The third-order valence-corrected chi connectivity index (χ3v) is 1.76. The third kappa shape index (κ3) is 3.49. The summed E-state index contributed by atoms with van der Waals surface area (Å²) in [6, 6.07) is 2.54. The molecule has 0 unspecified atom stereocenters. The van der Waals surface area contributed by atoms with Crippen LogP contribution >= 0.6 is 0 Å². The molecule has 1 heterocycles. The molecule has 0 aromatic carbocycles. The predicted molar refractivity (Wildman–Crippen MR) is 49.8 cm³/mol. The van der Waals surface area contributed by atoms with Crippen LogP contribution in [0.1, 0.15) is 11.4 Å². The van der Waals surface area contributed by atoms with E-state index in [1.807, 2.05) is 0 Å². The Hall–Kier alpha value is -2.01. The average Bonchev–Trinajstić information content (AvgIpc) is 2.22. The molecule has 0 saturated carbocycles. The Labute approximate surface area is 94.2 Å². The van der Waals surface area contributed by atoms with Gasteiger partial charge in [-0.3, -0.25) is 4.98 Å². The number of hydrogen-bond acceptors (Lipinski definition) is 5. The van der Waals surface area contributed by atoms with E-state index in [-0.39, 0.29) is 24.4 Å².